The molecular weight excluding hydrogens is 358 g/mol. The van der Waals surface area contributed by atoms with E-state index in [4.69, 9.17) is 9.26 Å². The van der Waals surface area contributed by atoms with E-state index in [9.17, 15) is 4.79 Å². The largest absolute Gasteiger partial charge is 0.444 e. The summed E-state index contributed by atoms with van der Waals surface area (Å²) in [6, 6.07) is 0.151. The summed E-state index contributed by atoms with van der Waals surface area (Å²) in [6.07, 6.45) is 2.47. The van der Waals surface area contributed by atoms with Crippen molar-refractivity contribution in [3.63, 3.8) is 0 Å². The minimum absolute atomic E-state index is 0.151. The fraction of sp³-hybridized carbons (Fsp3) is 0.750. The molecule has 28 heavy (non-hydrogen) atoms. The minimum Gasteiger partial charge on any atom is -0.444 e. The maximum atomic E-state index is 12.4. The number of nitrogens with one attached hydrogen (secondary N) is 2. The fourth-order valence-corrected chi connectivity index (χ4v) is 3.24. The van der Waals surface area contributed by atoms with Crippen molar-refractivity contribution < 1.29 is 14.1 Å². The summed E-state index contributed by atoms with van der Waals surface area (Å²) in [7, 11) is 0. The van der Waals surface area contributed by atoms with Crippen molar-refractivity contribution in [2.75, 3.05) is 26.2 Å². The van der Waals surface area contributed by atoms with Gasteiger partial charge in [0.2, 0.25) is 0 Å². The van der Waals surface area contributed by atoms with Crippen molar-refractivity contribution >= 4 is 12.1 Å². The number of amides is 1. The molecule has 2 N–H and O–H groups in total. The summed E-state index contributed by atoms with van der Waals surface area (Å²) in [4.78, 5) is 18.8. The van der Waals surface area contributed by atoms with Crippen LogP contribution in [0, 0.1) is 13.8 Å². The Bertz CT molecular complexity index is 658. The lowest BCUT2D eigenvalue weighted by atomic mass is 10.1. The van der Waals surface area contributed by atoms with Crippen LogP contribution in [0.4, 0.5) is 4.79 Å². The Morgan fingerprint density at radius 3 is 2.75 bits per heavy atom. The summed E-state index contributed by atoms with van der Waals surface area (Å²) in [6.45, 7) is 14.3. The van der Waals surface area contributed by atoms with E-state index < -0.39 is 5.60 Å². The van der Waals surface area contributed by atoms with E-state index in [-0.39, 0.29) is 12.1 Å². The van der Waals surface area contributed by atoms with Crippen LogP contribution in [0.15, 0.2) is 9.52 Å². The van der Waals surface area contributed by atoms with E-state index in [2.05, 4.69) is 20.8 Å². The van der Waals surface area contributed by atoms with Gasteiger partial charge in [0.1, 0.15) is 11.4 Å². The number of ether oxygens (including phenoxy) is 1. The smallest absolute Gasteiger partial charge is 0.410 e. The molecule has 0 saturated carbocycles. The van der Waals surface area contributed by atoms with E-state index in [0.29, 0.717) is 13.1 Å². The van der Waals surface area contributed by atoms with Gasteiger partial charge in [-0.25, -0.2) is 4.79 Å². The average molecular weight is 394 g/mol. The average Bonchev–Trinajstić information content (AvgIpc) is 2.92. The van der Waals surface area contributed by atoms with Crippen molar-refractivity contribution in [2.45, 2.75) is 72.4 Å². The predicted molar refractivity (Wildman–Crippen MR) is 110 cm³/mol. The quantitative estimate of drug-likeness (QED) is 0.590. The molecule has 1 fully saturated rings. The second-order valence-electron chi connectivity index (χ2n) is 8.22. The van der Waals surface area contributed by atoms with Crippen molar-refractivity contribution in [1.29, 1.82) is 0 Å². The first kappa shape index (κ1) is 22.0. The molecule has 2 rings (SSSR count). The number of piperidine rings is 1. The maximum absolute atomic E-state index is 12.4. The Morgan fingerprint density at radius 1 is 1.39 bits per heavy atom. The van der Waals surface area contributed by atoms with Gasteiger partial charge in [-0.2, -0.15) is 0 Å². The van der Waals surface area contributed by atoms with Crippen LogP contribution in [0.1, 0.15) is 57.6 Å². The number of carbonyl (C=O) groups excluding carboxylic acids is 1. The number of aliphatic imine (C=N–C) groups is 1. The van der Waals surface area contributed by atoms with Gasteiger partial charge >= 0.3 is 6.09 Å². The zero-order valence-electron chi connectivity index (χ0n) is 18.1. The number of aryl methyl sites for hydroxylation is 2. The fourth-order valence-electron chi connectivity index (χ4n) is 3.24. The third kappa shape index (κ3) is 6.73. The molecule has 0 aromatic carbocycles. The van der Waals surface area contributed by atoms with Gasteiger partial charge in [0, 0.05) is 37.8 Å². The van der Waals surface area contributed by atoms with Gasteiger partial charge in [0.25, 0.3) is 0 Å². The van der Waals surface area contributed by atoms with Gasteiger partial charge in [0.15, 0.2) is 5.96 Å². The van der Waals surface area contributed by atoms with Gasteiger partial charge in [0.05, 0.1) is 5.69 Å². The first-order valence-corrected chi connectivity index (χ1v) is 10.1. The van der Waals surface area contributed by atoms with Crippen LogP contribution in [0.5, 0.6) is 0 Å². The number of carbonyl (C=O) groups is 1. The van der Waals surface area contributed by atoms with E-state index in [1.807, 2.05) is 41.5 Å². The second-order valence-corrected chi connectivity index (χ2v) is 8.22. The first-order chi connectivity index (χ1) is 13.2. The van der Waals surface area contributed by atoms with Crippen LogP contribution < -0.4 is 10.6 Å². The number of guanidine groups is 1. The van der Waals surface area contributed by atoms with E-state index in [1.54, 1.807) is 4.90 Å². The highest BCUT2D eigenvalue weighted by Crippen LogP contribution is 2.16. The van der Waals surface area contributed by atoms with Crippen LogP contribution >= 0.6 is 0 Å². The molecular formula is C20H35N5O3. The highest BCUT2D eigenvalue weighted by Gasteiger charge is 2.28. The number of nitrogens with zero attached hydrogens (tertiary/aromatic N) is 3. The summed E-state index contributed by atoms with van der Waals surface area (Å²) < 4.78 is 10.7. The molecule has 1 aromatic rings. The second kappa shape index (κ2) is 9.80. The molecule has 2 heterocycles. The molecule has 8 nitrogen and oxygen atoms in total. The molecule has 1 aliphatic rings. The number of hydrogen-bond acceptors (Lipinski definition) is 5. The lowest BCUT2D eigenvalue weighted by Gasteiger charge is -2.35. The van der Waals surface area contributed by atoms with Crippen LogP contribution in [0.25, 0.3) is 0 Å². The monoisotopic (exact) mass is 393 g/mol. The Kier molecular flexibility index (Phi) is 7.71. The highest BCUT2D eigenvalue weighted by atomic mass is 16.6. The van der Waals surface area contributed by atoms with Crippen LogP contribution in [-0.4, -0.2) is 59.9 Å². The number of hydrogen-bond donors (Lipinski definition) is 2. The molecule has 8 heteroatoms. The third-order valence-corrected chi connectivity index (χ3v) is 4.57. The summed E-state index contributed by atoms with van der Waals surface area (Å²) in [5.41, 5.74) is 1.56. The van der Waals surface area contributed by atoms with Crippen molar-refractivity contribution in [1.82, 2.24) is 20.7 Å². The number of aromatic nitrogens is 1. The molecule has 0 radical (unpaired) electrons. The third-order valence-electron chi connectivity index (χ3n) is 4.57. The first-order valence-electron chi connectivity index (χ1n) is 10.1. The molecule has 1 atom stereocenters. The van der Waals surface area contributed by atoms with Crippen LogP contribution in [-0.2, 0) is 11.2 Å². The summed E-state index contributed by atoms with van der Waals surface area (Å²) in [5, 5.41) is 10.7. The standard InChI is InChI=1S/C20H35N5O3/c1-7-21-18(22-11-10-17-14(2)24-28-15(17)3)23-16-9-8-12-25(13-16)19(26)27-20(4,5)6/h16H,7-13H2,1-6H3,(H2,21,22,23). The Balaban J connectivity index is 1.92. The van der Waals surface area contributed by atoms with Crippen molar-refractivity contribution in [3.8, 4) is 0 Å². The zero-order chi connectivity index (χ0) is 20.7. The Morgan fingerprint density at radius 2 is 2.14 bits per heavy atom. The van der Waals surface area contributed by atoms with E-state index in [1.165, 1.54) is 0 Å². The van der Waals surface area contributed by atoms with Crippen LogP contribution in [0.2, 0.25) is 0 Å². The van der Waals surface area contributed by atoms with Gasteiger partial charge < -0.3 is 24.8 Å². The van der Waals surface area contributed by atoms with Gasteiger partial charge in [-0.3, -0.25) is 4.99 Å². The van der Waals surface area contributed by atoms with E-state index >= 15 is 0 Å². The summed E-state index contributed by atoms with van der Waals surface area (Å²) in [5.74, 6) is 1.62. The van der Waals surface area contributed by atoms with E-state index in [0.717, 1.165) is 55.3 Å². The highest BCUT2D eigenvalue weighted by molar-refractivity contribution is 5.80. The summed E-state index contributed by atoms with van der Waals surface area (Å²) >= 11 is 0. The molecule has 0 spiro atoms. The minimum atomic E-state index is -0.480. The molecule has 1 amide bonds. The van der Waals surface area contributed by atoms with Crippen LogP contribution in [0.3, 0.4) is 0 Å². The topological polar surface area (TPSA) is 92.0 Å². The van der Waals surface area contributed by atoms with Crippen molar-refractivity contribution in [2.24, 2.45) is 4.99 Å². The predicted octanol–water partition coefficient (Wildman–Crippen LogP) is 2.79. The SMILES string of the molecule is CCNC(=NCCc1c(C)noc1C)NC1CCCN(C(=O)OC(C)(C)C)C1. The zero-order valence-corrected chi connectivity index (χ0v) is 18.1. The normalized spacial score (nSPS) is 18.1. The Labute approximate surface area is 168 Å². The molecule has 1 saturated heterocycles. The molecule has 0 bridgehead atoms. The lowest BCUT2D eigenvalue weighted by molar-refractivity contribution is 0.0193. The molecule has 0 aliphatic carbocycles. The van der Waals surface area contributed by atoms with Gasteiger partial charge in [-0.15, -0.1) is 0 Å². The lowest BCUT2D eigenvalue weighted by Crippen LogP contribution is -2.53. The molecule has 1 aromatic heterocycles. The van der Waals surface area contributed by atoms with Gasteiger partial charge in [-0.05, 0) is 60.8 Å². The molecule has 1 aliphatic heterocycles. The number of likely N-dealkylation sites (tertiary alicyclic amines) is 1. The maximum Gasteiger partial charge on any atom is 0.410 e. The molecule has 1 unspecified atom stereocenters. The van der Waals surface area contributed by atoms with Gasteiger partial charge in [-0.1, -0.05) is 5.16 Å². The molecule has 158 valence electrons. The Hall–Kier alpha value is -2.25. The number of rotatable bonds is 5. The van der Waals surface area contributed by atoms with Crippen molar-refractivity contribution in [3.05, 3.63) is 17.0 Å².